The Balaban J connectivity index is 1.96. The molecule has 1 aromatic carbocycles. The molecule has 1 aromatic rings. The molecule has 1 aliphatic carbocycles. The Morgan fingerprint density at radius 1 is 1.30 bits per heavy atom. The summed E-state index contributed by atoms with van der Waals surface area (Å²) in [6.07, 6.45) is 5.65. The van der Waals surface area contributed by atoms with Crippen molar-refractivity contribution in [3.63, 3.8) is 0 Å². The van der Waals surface area contributed by atoms with Crippen LogP contribution in [0.25, 0.3) is 0 Å². The second kappa shape index (κ2) is 7.79. The molecule has 0 heterocycles. The van der Waals surface area contributed by atoms with E-state index in [9.17, 15) is 4.21 Å². The second-order valence-corrected chi connectivity index (χ2v) is 7.15. The molecule has 20 heavy (non-hydrogen) atoms. The van der Waals surface area contributed by atoms with Gasteiger partial charge in [0.15, 0.2) is 0 Å². The van der Waals surface area contributed by atoms with Crippen LogP contribution >= 0.6 is 0 Å². The lowest BCUT2D eigenvalue weighted by Crippen LogP contribution is -2.37. The first-order chi connectivity index (χ1) is 9.74. The zero-order valence-corrected chi connectivity index (χ0v) is 13.2. The van der Waals surface area contributed by atoms with Crippen LogP contribution in [0.4, 0.5) is 0 Å². The number of hydrogen-bond acceptors (Lipinski definition) is 3. The smallest absolute Gasteiger partial charge is 0.118 e. The largest absolute Gasteiger partial charge is 0.497 e. The van der Waals surface area contributed by atoms with E-state index < -0.39 is 10.8 Å². The lowest BCUT2D eigenvalue weighted by molar-refractivity contribution is 0.377. The highest BCUT2D eigenvalue weighted by Gasteiger charge is 2.26. The summed E-state index contributed by atoms with van der Waals surface area (Å²) in [5, 5.41) is 3.86. The molecular weight excluding hydrogens is 270 g/mol. The van der Waals surface area contributed by atoms with Crippen LogP contribution in [0.15, 0.2) is 29.2 Å². The van der Waals surface area contributed by atoms with Crippen molar-refractivity contribution in [2.24, 2.45) is 0 Å². The van der Waals surface area contributed by atoms with Crippen LogP contribution in [-0.2, 0) is 10.8 Å². The Bertz CT molecular complexity index is 433. The minimum absolute atomic E-state index is 0.284. The third kappa shape index (κ3) is 4.06. The fourth-order valence-electron chi connectivity index (χ4n) is 2.78. The molecule has 3 atom stereocenters. The van der Waals surface area contributed by atoms with Crippen molar-refractivity contribution >= 4 is 10.8 Å². The van der Waals surface area contributed by atoms with Gasteiger partial charge in [-0.05, 0) is 56.5 Å². The average molecular weight is 295 g/mol. The maximum absolute atomic E-state index is 12.7. The van der Waals surface area contributed by atoms with Gasteiger partial charge in [-0.3, -0.25) is 4.21 Å². The van der Waals surface area contributed by atoms with Gasteiger partial charge in [-0.25, -0.2) is 0 Å². The van der Waals surface area contributed by atoms with Gasteiger partial charge in [0.05, 0.1) is 17.9 Å². The molecule has 0 amide bonds. The number of ether oxygens (including phenoxy) is 1. The molecule has 1 aliphatic rings. The van der Waals surface area contributed by atoms with E-state index in [1.165, 1.54) is 12.8 Å². The van der Waals surface area contributed by atoms with Crippen molar-refractivity contribution in [2.45, 2.75) is 55.2 Å². The highest BCUT2D eigenvalue weighted by Crippen LogP contribution is 2.27. The molecule has 0 spiro atoms. The summed E-state index contributed by atoms with van der Waals surface area (Å²) >= 11 is 0. The van der Waals surface area contributed by atoms with E-state index in [2.05, 4.69) is 12.2 Å². The monoisotopic (exact) mass is 295 g/mol. The zero-order chi connectivity index (χ0) is 14.4. The van der Waals surface area contributed by atoms with Crippen LogP contribution in [0.1, 0.15) is 39.0 Å². The molecule has 1 fully saturated rings. The van der Waals surface area contributed by atoms with Crippen molar-refractivity contribution in [1.29, 1.82) is 0 Å². The Hall–Kier alpha value is -0.870. The molecule has 1 N–H and O–H groups in total. The minimum Gasteiger partial charge on any atom is -0.497 e. The molecule has 4 heteroatoms. The average Bonchev–Trinajstić information content (AvgIpc) is 2.52. The summed E-state index contributed by atoms with van der Waals surface area (Å²) in [7, 11) is 0.748. The Labute approximate surface area is 124 Å². The lowest BCUT2D eigenvalue weighted by Gasteiger charge is -2.29. The molecule has 3 nitrogen and oxygen atoms in total. The fraction of sp³-hybridized carbons (Fsp3) is 0.625. The van der Waals surface area contributed by atoms with Crippen molar-refractivity contribution in [1.82, 2.24) is 5.32 Å². The van der Waals surface area contributed by atoms with Gasteiger partial charge >= 0.3 is 0 Å². The van der Waals surface area contributed by atoms with Crippen molar-refractivity contribution < 1.29 is 8.95 Å². The molecule has 0 aliphatic heterocycles. The first kappa shape index (κ1) is 15.5. The summed E-state index contributed by atoms with van der Waals surface area (Å²) < 4.78 is 17.8. The molecule has 112 valence electrons. The zero-order valence-electron chi connectivity index (χ0n) is 12.4. The van der Waals surface area contributed by atoms with Gasteiger partial charge in [0.1, 0.15) is 5.75 Å². The van der Waals surface area contributed by atoms with E-state index in [1.54, 1.807) is 7.11 Å². The Morgan fingerprint density at radius 3 is 2.70 bits per heavy atom. The fourth-order valence-corrected chi connectivity index (χ4v) is 4.35. The number of nitrogens with one attached hydrogen (secondary N) is 1. The van der Waals surface area contributed by atoms with Crippen LogP contribution in [0, 0.1) is 0 Å². The number of rotatable bonds is 6. The van der Waals surface area contributed by atoms with Gasteiger partial charge in [0.25, 0.3) is 0 Å². The molecule has 2 rings (SSSR count). The summed E-state index contributed by atoms with van der Waals surface area (Å²) in [5.74, 6) is 0.817. The van der Waals surface area contributed by atoms with E-state index in [4.69, 9.17) is 4.74 Å². The highest BCUT2D eigenvalue weighted by molar-refractivity contribution is 7.85. The maximum atomic E-state index is 12.7. The molecular formula is C16H25NO2S. The summed E-state index contributed by atoms with van der Waals surface area (Å²) in [6, 6.07) is 8.18. The Morgan fingerprint density at radius 2 is 2.05 bits per heavy atom. The summed E-state index contributed by atoms with van der Waals surface area (Å²) in [4.78, 5) is 0.923. The van der Waals surface area contributed by atoms with Crippen LogP contribution in [0.5, 0.6) is 5.75 Å². The second-order valence-electron chi connectivity index (χ2n) is 5.41. The van der Waals surface area contributed by atoms with E-state index in [1.807, 2.05) is 24.3 Å². The lowest BCUT2D eigenvalue weighted by atomic mass is 9.95. The number of benzene rings is 1. The molecule has 0 radical (unpaired) electrons. The van der Waals surface area contributed by atoms with Crippen LogP contribution < -0.4 is 10.1 Å². The van der Waals surface area contributed by atoms with Crippen molar-refractivity contribution in [2.75, 3.05) is 13.7 Å². The van der Waals surface area contributed by atoms with Gasteiger partial charge in [-0.1, -0.05) is 13.3 Å². The standard InChI is InChI=1S/C16H25NO2S/c1-3-11-17-13-5-4-6-16(12-13)20(18)15-9-7-14(19-2)8-10-15/h7-10,13,16-17H,3-6,11-12H2,1-2H3. The quantitative estimate of drug-likeness (QED) is 0.876. The Kier molecular flexibility index (Phi) is 6.05. The third-order valence-electron chi connectivity index (χ3n) is 3.90. The summed E-state index contributed by atoms with van der Waals surface area (Å²) in [5.41, 5.74) is 0. The molecule has 3 unspecified atom stereocenters. The van der Waals surface area contributed by atoms with Crippen LogP contribution in [0.3, 0.4) is 0 Å². The molecule has 0 aromatic heterocycles. The topological polar surface area (TPSA) is 38.3 Å². The van der Waals surface area contributed by atoms with Crippen LogP contribution in [-0.4, -0.2) is 29.2 Å². The minimum atomic E-state index is -0.902. The predicted molar refractivity (Wildman–Crippen MR) is 83.7 cm³/mol. The number of hydrogen-bond donors (Lipinski definition) is 1. The van der Waals surface area contributed by atoms with Crippen molar-refractivity contribution in [3.8, 4) is 5.75 Å². The maximum Gasteiger partial charge on any atom is 0.118 e. The first-order valence-corrected chi connectivity index (χ1v) is 8.74. The van der Waals surface area contributed by atoms with Gasteiger partial charge in [-0.15, -0.1) is 0 Å². The predicted octanol–water partition coefficient (Wildman–Crippen LogP) is 3.11. The third-order valence-corrected chi connectivity index (χ3v) is 5.67. The molecule has 0 saturated heterocycles. The van der Waals surface area contributed by atoms with E-state index in [0.29, 0.717) is 6.04 Å². The summed E-state index contributed by atoms with van der Waals surface area (Å²) in [6.45, 7) is 3.25. The first-order valence-electron chi connectivity index (χ1n) is 7.52. The SMILES string of the molecule is CCCNC1CCCC(S(=O)c2ccc(OC)cc2)C1. The van der Waals surface area contributed by atoms with Gasteiger partial charge < -0.3 is 10.1 Å². The van der Waals surface area contributed by atoms with Crippen molar-refractivity contribution in [3.05, 3.63) is 24.3 Å². The van der Waals surface area contributed by atoms with Crippen LogP contribution in [0.2, 0.25) is 0 Å². The molecule has 1 saturated carbocycles. The highest BCUT2D eigenvalue weighted by atomic mass is 32.2. The van der Waals surface area contributed by atoms with E-state index >= 15 is 0 Å². The number of methoxy groups -OCH3 is 1. The normalized spacial score (nSPS) is 24.3. The van der Waals surface area contributed by atoms with E-state index in [-0.39, 0.29) is 5.25 Å². The van der Waals surface area contributed by atoms with Gasteiger partial charge in [0.2, 0.25) is 0 Å². The van der Waals surface area contributed by atoms with Gasteiger partial charge in [0, 0.05) is 16.2 Å². The van der Waals surface area contributed by atoms with Gasteiger partial charge in [-0.2, -0.15) is 0 Å². The molecule has 0 bridgehead atoms. The van der Waals surface area contributed by atoms with E-state index in [0.717, 1.165) is 36.5 Å².